The molecule has 1 heterocycles. The molecule has 2 aromatic carbocycles. The van der Waals surface area contributed by atoms with Gasteiger partial charge in [0, 0.05) is 11.3 Å². The maximum absolute atomic E-state index is 13.0. The van der Waals surface area contributed by atoms with E-state index in [1.54, 1.807) is 0 Å². The lowest BCUT2D eigenvalue weighted by atomic mass is 9.89. The molecule has 1 aliphatic rings. The fourth-order valence-electron chi connectivity index (χ4n) is 2.80. The summed E-state index contributed by atoms with van der Waals surface area (Å²) in [6.45, 7) is 6.45. The molecule has 0 unspecified atom stereocenters. The highest BCUT2D eigenvalue weighted by molar-refractivity contribution is 5.83. The first kappa shape index (κ1) is 12.9. The lowest BCUT2D eigenvalue weighted by Crippen LogP contribution is -2.31. The first-order valence-electron chi connectivity index (χ1n) is 6.83. The summed E-state index contributed by atoms with van der Waals surface area (Å²) in [6, 6.07) is 13.0. The Morgan fingerprint density at radius 3 is 2.30 bits per heavy atom. The van der Waals surface area contributed by atoms with E-state index in [0.717, 1.165) is 16.8 Å². The summed E-state index contributed by atoms with van der Waals surface area (Å²) in [4.78, 5) is 0. The minimum Gasteiger partial charge on any atom is -0.376 e. The summed E-state index contributed by atoms with van der Waals surface area (Å²) >= 11 is 0. The van der Waals surface area contributed by atoms with Crippen molar-refractivity contribution in [3.8, 4) is 11.1 Å². The molecule has 0 atom stereocenters. The van der Waals surface area contributed by atoms with Crippen molar-refractivity contribution in [2.24, 2.45) is 0 Å². The lowest BCUT2D eigenvalue weighted by Gasteiger charge is -2.31. The second-order valence-corrected chi connectivity index (χ2v) is 5.94. The topological polar surface area (TPSA) is 12.0 Å². The van der Waals surface area contributed by atoms with Crippen molar-refractivity contribution in [3.05, 3.63) is 59.9 Å². The van der Waals surface area contributed by atoms with Crippen LogP contribution in [0.25, 0.3) is 16.7 Å². The van der Waals surface area contributed by atoms with Gasteiger partial charge in [-0.05, 0) is 61.7 Å². The van der Waals surface area contributed by atoms with Gasteiger partial charge in [-0.3, -0.25) is 0 Å². The van der Waals surface area contributed by atoms with E-state index in [0.29, 0.717) is 0 Å². The average molecular weight is 267 g/mol. The third kappa shape index (κ3) is 2.34. The van der Waals surface area contributed by atoms with Crippen LogP contribution in [0.4, 0.5) is 10.1 Å². The number of anilines is 1. The summed E-state index contributed by atoms with van der Waals surface area (Å²) < 4.78 is 13.0. The normalized spacial score (nSPS) is 16.1. The quantitative estimate of drug-likeness (QED) is 0.758. The molecule has 0 amide bonds. The number of hydrogen-bond donors (Lipinski definition) is 1. The molecule has 1 N–H and O–H groups in total. The van der Waals surface area contributed by atoms with Gasteiger partial charge < -0.3 is 5.32 Å². The second kappa shape index (κ2) is 4.48. The first-order valence-corrected chi connectivity index (χ1v) is 6.83. The number of fused-ring (bicyclic) bond motifs is 1. The zero-order valence-corrected chi connectivity index (χ0v) is 12.0. The Morgan fingerprint density at radius 2 is 1.60 bits per heavy atom. The van der Waals surface area contributed by atoms with Crippen LogP contribution in [0.5, 0.6) is 0 Å². The van der Waals surface area contributed by atoms with Crippen LogP contribution in [0, 0.1) is 5.82 Å². The van der Waals surface area contributed by atoms with Crippen LogP contribution in [0.2, 0.25) is 0 Å². The van der Waals surface area contributed by atoms with Crippen LogP contribution in [-0.2, 0) is 0 Å². The molecule has 3 rings (SSSR count). The first-order chi connectivity index (χ1) is 9.44. The molecule has 20 heavy (non-hydrogen) atoms. The molecule has 0 saturated carbocycles. The Hall–Kier alpha value is -2.09. The van der Waals surface area contributed by atoms with E-state index >= 15 is 0 Å². The number of benzene rings is 2. The summed E-state index contributed by atoms with van der Waals surface area (Å²) in [5.74, 6) is -0.203. The number of rotatable bonds is 1. The molecule has 1 nitrogen and oxygen atoms in total. The predicted molar refractivity (Wildman–Crippen MR) is 83.2 cm³/mol. The molecule has 1 aliphatic heterocycles. The van der Waals surface area contributed by atoms with Gasteiger partial charge in [0.2, 0.25) is 0 Å². The van der Waals surface area contributed by atoms with Crippen molar-refractivity contribution in [2.45, 2.75) is 26.3 Å². The lowest BCUT2D eigenvalue weighted by molar-refractivity contribution is 0.628. The van der Waals surface area contributed by atoms with E-state index in [4.69, 9.17) is 0 Å². The summed E-state index contributed by atoms with van der Waals surface area (Å²) in [6.07, 6.45) is 2.24. The van der Waals surface area contributed by atoms with Crippen molar-refractivity contribution in [1.82, 2.24) is 0 Å². The van der Waals surface area contributed by atoms with E-state index in [9.17, 15) is 4.39 Å². The van der Waals surface area contributed by atoms with Crippen LogP contribution in [0.1, 0.15) is 26.3 Å². The molecule has 0 aliphatic carbocycles. The van der Waals surface area contributed by atoms with E-state index in [2.05, 4.69) is 50.4 Å². The Labute approximate surface area is 119 Å². The molecule has 0 saturated heterocycles. The Bertz CT molecular complexity index is 681. The molecule has 2 heteroatoms. The molecule has 0 fully saturated rings. The van der Waals surface area contributed by atoms with Crippen molar-refractivity contribution in [1.29, 1.82) is 0 Å². The molecular formula is C18H18FN. The van der Waals surface area contributed by atoms with E-state index < -0.39 is 0 Å². The van der Waals surface area contributed by atoms with Gasteiger partial charge in [0.15, 0.2) is 0 Å². The fourth-order valence-corrected chi connectivity index (χ4v) is 2.80. The minimum atomic E-state index is -0.203. The summed E-state index contributed by atoms with van der Waals surface area (Å²) in [7, 11) is 0. The van der Waals surface area contributed by atoms with Gasteiger partial charge in [0.05, 0.1) is 5.54 Å². The average Bonchev–Trinajstić information content (AvgIpc) is 2.38. The minimum absolute atomic E-state index is 0.0194. The van der Waals surface area contributed by atoms with Crippen LogP contribution < -0.4 is 5.32 Å². The van der Waals surface area contributed by atoms with Gasteiger partial charge in [0.1, 0.15) is 5.82 Å². The molecule has 0 spiro atoms. The zero-order valence-electron chi connectivity index (χ0n) is 12.0. The Kier molecular flexibility index (Phi) is 2.89. The van der Waals surface area contributed by atoms with E-state index in [1.807, 2.05) is 12.1 Å². The molecule has 102 valence electrons. The number of allylic oxidation sites excluding steroid dienone is 1. The monoisotopic (exact) mass is 267 g/mol. The predicted octanol–water partition coefficient (Wildman–Crippen LogP) is 5.10. The van der Waals surface area contributed by atoms with E-state index in [1.165, 1.54) is 23.3 Å². The molecule has 0 radical (unpaired) electrons. The second-order valence-electron chi connectivity index (χ2n) is 5.94. The van der Waals surface area contributed by atoms with Gasteiger partial charge in [-0.15, -0.1) is 0 Å². The van der Waals surface area contributed by atoms with Crippen molar-refractivity contribution in [2.75, 3.05) is 5.32 Å². The SMILES string of the molecule is CC1=CC(C)(C)Nc2ccc(-c3ccc(F)cc3)cc21. The number of hydrogen-bond acceptors (Lipinski definition) is 1. The van der Waals surface area contributed by atoms with E-state index in [-0.39, 0.29) is 11.4 Å². The van der Waals surface area contributed by atoms with Crippen molar-refractivity contribution < 1.29 is 4.39 Å². The van der Waals surface area contributed by atoms with Gasteiger partial charge in [-0.2, -0.15) is 0 Å². The standard InChI is InChI=1S/C18H18FN/c1-12-11-18(2,3)20-17-9-6-14(10-16(12)17)13-4-7-15(19)8-5-13/h4-11,20H,1-3H3. The smallest absolute Gasteiger partial charge is 0.123 e. The highest BCUT2D eigenvalue weighted by Crippen LogP contribution is 2.36. The maximum atomic E-state index is 13.0. The molecule has 2 aromatic rings. The summed E-state index contributed by atoms with van der Waals surface area (Å²) in [5.41, 5.74) is 5.76. The van der Waals surface area contributed by atoms with Crippen LogP contribution in [0.15, 0.2) is 48.5 Å². The summed E-state index contributed by atoms with van der Waals surface area (Å²) in [5, 5.41) is 3.52. The zero-order chi connectivity index (χ0) is 14.3. The number of nitrogens with one attached hydrogen (secondary N) is 1. The van der Waals surface area contributed by atoms with Gasteiger partial charge in [-0.25, -0.2) is 4.39 Å². The highest BCUT2D eigenvalue weighted by Gasteiger charge is 2.22. The van der Waals surface area contributed by atoms with Gasteiger partial charge >= 0.3 is 0 Å². The molecule has 0 aromatic heterocycles. The molecular weight excluding hydrogens is 249 g/mol. The highest BCUT2D eigenvalue weighted by atomic mass is 19.1. The van der Waals surface area contributed by atoms with Gasteiger partial charge in [-0.1, -0.05) is 24.3 Å². The maximum Gasteiger partial charge on any atom is 0.123 e. The van der Waals surface area contributed by atoms with Crippen LogP contribution in [0.3, 0.4) is 0 Å². The Morgan fingerprint density at radius 1 is 0.950 bits per heavy atom. The molecule has 0 bridgehead atoms. The van der Waals surface area contributed by atoms with Gasteiger partial charge in [0.25, 0.3) is 0 Å². The number of halogens is 1. The van der Waals surface area contributed by atoms with Crippen LogP contribution >= 0.6 is 0 Å². The van der Waals surface area contributed by atoms with Crippen molar-refractivity contribution >= 4 is 11.3 Å². The third-order valence-corrected chi connectivity index (χ3v) is 3.66. The Balaban J connectivity index is 2.06. The third-order valence-electron chi connectivity index (χ3n) is 3.66. The van der Waals surface area contributed by atoms with Crippen LogP contribution in [-0.4, -0.2) is 5.54 Å². The fraction of sp³-hybridized carbons (Fsp3) is 0.222. The van der Waals surface area contributed by atoms with Crippen molar-refractivity contribution in [3.63, 3.8) is 0 Å². The largest absolute Gasteiger partial charge is 0.376 e.